The number of carbonyl (C=O) groups excluding carboxylic acids is 3. The minimum absolute atomic E-state index is 0.0329. The second-order valence-corrected chi connectivity index (χ2v) is 16.2. The second-order valence-electron chi connectivity index (χ2n) is 15.8. The number of halogens is 2. The van der Waals surface area contributed by atoms with Gasteiger partial charge in [0.15, 0.2) is 0 Å². The third-order valence-electron chi connectivity index (χ3n) is 12.3. The van der Waals surface area contributed by atoms with E-state index in [9.17, 15) is 24.3 Å². The lowest BCUT2D eigenvalue weighted by atomic mass is 9.87. The van der Waals surface area contributed by atoms with E-state index >= 15 is 4.39 Å². The Labute approximate surface area is 323 Å². The maximum atomic E-state index is 15.5. The zero-order valence-electron chi connectivity index (χ0n) is 31.0. The monoisotopic (exact) mass is 775 g/mol. The number of anilines is 1. The summed E-state index contributed by atoms with van der Waals surface area (Å²) in [5.41, 5.74) is 4.27. The predicted molar refractivity (Wildman–Crippen MR) is 201 cm³/mol. The van der Waals surface area contributed by atoms with Gasteiger partial charge in [-0.2, -0.15) is 5.10 Å². The van der Waals surface area contributed by atoms with Gasteiger partial charge in [0.05, 0.1) is 23.1 Å². The van der Waals surface area contributed by atoms with Gasteiger partial charge >= 0.3 is 6.09 Å². The molecular weight excluding hydrogens is 729 g/mol. The third kappa shape index (κ3) is 7.91. The third-order valence-corrected chi connectivity index (χ3v) is 12.6. The zero-order chi connectivity index (χ0) is 38.4. The summed E-state index contributed by atoms with van der Waals surface area (Å²) < 4.78 is 17.4. The molecule has 2 saturated carbocycles. The van der Waals surface area contributed by atoms with Crippen LogP contribution in [-0.2, 0) is 29.6 Å². The largest absolute Gasteiger partial charge is 0.465 e. The molecule has 3 aliphatic heterocycles. The molecule has 8 rings (SSSR count). The number of nitrogens with one attached hydrogen (secondary N) is 2. The molecule has 3 aromatic rings. The summed E-state index contributed by atoms with van der Waals surface area (Å²) in [6.45, 7) is 2.61. The molecule has 4 amide bonds. The number of hydrogen-bond donors (Lipinski definition) is 3. The Balaban J connectivity index is 0.820. The number of aromatic nitrogens is 4. The first-order chi connectivity index (χ1) is 26.5. The Bertz CT molecular complexity index is 1990. The molecule has 2 saturated heterocycles. The molecule has 14 nitrogen and oxygen atoms in total. The summed E-state index contributed by atoms with van der Waals surface area (Å²) in [6.07, 6.45) is 10.8. The van der Waals surface area contributed by atoms with Gasteiger partial charge in [0, 0.05) is 62.0 Å². The van der Waals surface area contributed by atoms with Crippen molar-refractivity contribution in [2.75, 3.05) is 31.5 Å². The van der Waals surface area contributed by atoms with Crippen molar-refractivity contribution in [2.45, 2.75) is 101 Å². The quantitative estimate of drug-likeness (QED) is 0.227. The highest BCUT2D eigenvalue weighted by atomic mass is 35.5. The summed E-state index contributed by atoms with van der Waals surface area (Å²) >= 11 is 6.58. The maximum absolute atomic E-state index is 15.5. The van der Waals surface area contributed by atoms with Gasteiger partial charge < -0.3 is 25.1 Å². The molecule has 1 unspecified atom stereocenters. The fourth-order valence-corrected chi connectivity index (χ4v) is 9.10. The van der Waals surface area contributed by atoms with E-state index in [1.165, 1.54) is 23.8 Å². The number of hydrogen-bond acceptors (Lipinski definition) is 9. The predicted octanol–water partition coefficient (Wildman–Crippen LogP) is 4.97. The first-order valence-corrected chi connectivity index (χ1v) is 19.9. The minimum Gasteiger partial charge on any atom is -0.465 e. The van der Waals surface area contributed by atoms with Gasteiger partial charge in [-0.15, -0.1) is 0 Å². The van der Waals surface area contributed by atoms with Crippen LogP contribution in [-0.4, -0.2) is 108 Å². The standard InChI is InChI=1S/C39H47ClFN9O5/c1-47-33(16-22-2-3-22)29(19-43-47)35-30(40)20-42-38(46-35)44-25-4-6-26(7-5-25)49(39(54)55)15-14-48-12-10-23(11-13-48)27-17-24-21-50(37(53)28(24)18-31(27)41)32-8-9-34(51)45-36(32)52/h17-20,22-23,25-26,32H,2-16,21H2,1H3,(H,54,55)(H,42,44,46)(H,45,51,52). The lowest BCUT2D eigenvalue weighted by Gasteiger charge is -2.38. The fraction of sp³-hybridized carbons (Fsp3) is 0.564. The number of likely N-dealkylation sites (tertiary alicyclic amines) is 1. The number of nitrogens with zero attached hydrogens (tertiary/aromatic N) is 7. The Morgan fingerprint density at radius 2 is 1.80 bits per heavy atom. The van der Waals surface area contributed by atoms with Crippen molar-refractivity contribution in [3.8, 4) is 11.3 Å². The van der Waals surface area contributed by atoms with Crippen LogP contribution >= 0.6 is 11.6 Å². The lowest BCUT2D eigenvalue weighted by molar-refractivity contribution is -0.136. The average molecular weight is 776 g/mol. The lowest BCUT2D eigenvalue weighted by Crippen LogP contribution is -2.52. The number of piperidine rings is 2. The number of amides is 4. The van der Waals surface area contributed by atoms with Crippen LogP contribution in [0, 0.1) is 11.7 Å². The maximum Gasteiger partial charge on any atom is 0.407 e. The summed E-state index contributed by atoms with van der Waals surface area (Å²) in [5.74, 6) is -0.497. The number of fused-ring (bicyclic) bond motifs is 1. The molecule has 2 aliphatic carbocycles. The SMILES string of the molecule is Cn1ncc(-c2nc(NC3CCC(N(CCN4CCC(c5cc6c(cc5F)C(=O)N(C5CCC(=O)NC5=O)C6)CC4)C(=O)O)CC3)ncc2Cl)c1CC1CC1. The second kappa shape index (κ2) is 15.5. The Morgan fingerprint density at radius 3 is 2.51 bits per heavy atom. The first kappa shape index (κ1) is 37.3. The van der Waals surface area contributed by atoms with Crippen LogP contribution in [0.1, 0.15) is 97.3 Å². The highest BCUT2D eigenvalue weighted by Gasteiger charge is 2.40. The number of carboxylic acid groups (broad SMARTS) is 1. The van der Waals surface area contributed by atoms with Crippen LogP contribution in [0.4, 0.5) is 15.1 Å². The van der Waals surface area contributed by atoms with E-state index < -0.39 is 23.9 Å². The molecule has 16 heteroatoms. The van der Waals surface area contributed by atoms with Crippen molar-refractivity contribution in [1.29, 1.82) is 0 Å². The van der Waals surface area contributed by atoms with E-state index in [1.807, 2.05) is 17.9 Å². The van der Waals surface area contributed by atoms with Gasteiger partial charge in [-0.3, -0.25) is 24.4 Å². The molecule has 55 heavy (non-hydrogen) atoms. The molecule has 0 bridgehead atoms. The number of imide groups is 1. The molecule has 4 fully saturated rings. The van der Waals surface area contributed by atoms with Crippen molar-refractivity contribution in [2.24, 2.45) is 13.0 Å². The first-order valence-electron chi connectivity index (χ1n) is 19.5. The number of carbonyl (C=O) groups is 4. The summed E-state index contributed by atoms with van der Waals surface area (Å²) in [5, 5.41) is 20.9. The smallest absolute Gasteiger partial charge is 0.407 e. The topological polar surface area (TPSA) is 166 Å². The van der Waals surface area contributed by atoms with Crippen molar-refractivity contribution in [3.63, 3.8) is 0 Å². The summed E-state index contributed by atoms with van der Waals surface area (Å²) in [7, 11) is 1.95. The van der Waals surface area contributed by atoms with Gasteiger partial charge in [-0.25, -0.2) is 19.2 Å². The molecular formula is C39H47ClFN9O5. The minimum atomic E-state index is -0.920. The van der Waals surface area contributed by atoms with Crippen LogP contribution < -0.4 is 10.6 Å². The van der Waals surface area contributed by atoms with E-state index in [1.54, 1.807) is 17.2 Å². The molecule has 0 spiro atoms. The summed E-state index contributed by atoms with van der Waals surface area (Å²) in [4.78, 5) is 64.1. The van der Waals surface area contributed by atoms with Crippen LogP contribution in [0.5, 0.6) is 0 Å². The molecule has 1 aromatic carbocycles. The molecule has 0 radical (unpaired) electrons. The van der Waals surface area contributed by atoms with Gasteiger partial charge in [-0.1, -0.05) is 17.7 Å². The molecule has 5 aliphatic rings. The number of aryl methyl sites for hydroxylation is 1. The van der Waals surface area contributed by atoms with Crippen molar-refractivity contribution in [1.82, 2.24) is 39.8 Å². The fourth-order valence-electron chi connectivity index (χ4n) is 8.91. The van der Waals surface area contributed by atoms with Crippen LogP contribution in [0.2, 0.25) is 5.02 Å². The Hall–Kier alpha value is -4.63. The summed E-state index contributed by atoms with van der Waals surface area (Å²) in [6, 6.07) is 2.35. The number of benzene rings is 1. The molecule has 5 heterocycles. The van der Waals surface area contributed by atoms with Gasteiger partial charge in [-0.05, 0) is 106 Å². The normalized spacial score (nSPS) is 23.5. The van der Waals surface area contributed by atoms with Gasteiger partial charge in [0.1, 0.15) is 11.9 Å². The van der Waals surface area contributed by atoms with Gasteiger partial charge in [0.25, 0.3) is 5.91 Å². The molecule has 1 atom stereocenters. The number of rotatable bonds is 11. The molecule has 2 aromatic heterocycles. The van der Waals surface area contributed by atoms with Crippen LogP contribution in [0.3, 0.4) is 0 Å². The van der Waals surface area contributed by atoms with E-state index in [0.29, 0.717) is 72.7 Å². The molecule has 3 N–H and O–H groups in total. The highest BCUT2D eigenvalue weighted by Crippen LogP contribution is 2.38. The van der Waals surface area contributed by atoms with E-state index in [2.05, 4.69) is 25.6 Å². The van der Waals surface area contributed by atoms with Crippen LogP contribution in [0.15, 0.2) is 24.5 Å². The Kier molecular flexibility index (Phi) is 10.5. The average Bonchev–Trinajstić information content (AvgIpc) is 3.85. The zero-order valence-corrected chi connectivity index (χ0v) is 31.7. The Morgan fingerprint density at radius 1 is 1.04 bits per heavy atom. The van der Waals surface area contributed by atoms with E-state index in [0.717, 1.165) is 43.4 Å². The van der Waals surface area contributed by atoms with Gasteiger partial charge in [0.2, 0.25) is 17.8 Å². The van der Waals surface area contributed by atoms with Crippen molar-refractivity contribution >= 4 is 41.4 Å². The highest BCUT2D eigenvalue weighted by molar-refractivity contribution is 6.33. The van der Waals surface area contributed by atoms with Crippen molar-refractivity contribution < 1.29 is 28.7 Å². The van der Waals surface area contributed by atoms with Crippen molar-refractivity contribution in [3.05, 3.63) is 57.8 Å². The van der Waals surface area contributed by atoms with Crippen LogP contribution in [0.25, 0.3) is 11.3 Å². The van der Waals surface area contributed by atoms with E-state index in [-0.39, 0.29) is 54.8 Å². The van der Waals surface area contributed by atoms with E-state index in [4.69, 9.17) is 16.6 Å². The molecule has 292 valence electrons.